The zero-order valence-corrected chi connectivity index (χ0v) is 9.86. The molecule has 3 rings (SSSR count). The summed E-state index contributed by atoms with van der Waals surface area (Å²) in [4.78, 5) is 12.0. The van der Waals surface area contributed by atoms with Crippen LogP contribution in [0.4, 0.5) is 0 Å². The molecule has 0 saturated carbocycles. The van der Waals surface area contributed by atoms with E-state index < -0.39 is 0 Å². The molecule has 84 valence electrons. The fourth-order valence-electron chi connectivity index (χ4n) is 2.16. The van der Waals surface area contributed by atoms with Crippen LogP contribution in [0.3, 0.4) is 0 Å². The second kappa shape index (κ2) is 3.70. The van der Waals surface area contributed by atoms with Crippen molar-refractivity contribution < 1.29 is 0 Å². The Morgan fingerprint density at radius 3 is 2.53 bits per heavy atom. The standard InChI is InChI=1S/C14H13N3/c1-9-4-3-5-10(2)13(9)14-16-11-6-7-15-8-12(11)17-14/h3-8H,1-2H3,(H,16,17). The highest BCUT2D eigenvalue weighted by Crippen LogP contribution is 2.26. The Hall–Kier alpha value is -2.16. The highest BCUT2D eigenvalue weighted by atomic mass is 14.9. The van der Waals surface area contributed by atoms with Gasteiger partial charge in [0.2, 0.25) is 0 Å². The number of hydrogen-bond donors (Lipinski definition) is 1. The molecule has 0 aliphatic heterocycles. The van der Waals surface area contributed by atoms with Crippen LogP contribution in [0.5, 0.6) is 0 Å². The fraction of sp³-hybridized carbons (Fsp3) is 0.143. The van der Waals surface area contributed by atoms with E-state index >= 15 is 0 Å². The highest BCUT2D eigenvalue weighted by molar-refractivity contribution is 5.79. The molecular weight excluding hydrogens is 210 g/mol. The average Bonchev–Trinajstić information content (AvgIpc) is 2.71. The van der Waals surface area contributed by atoms with Crippen molar-refractivity contribution in [2.45, 2.75) is 13.8 Å². The van der Waals surface area contributed by atoms with Crippen molar-refractivity contribution in [2.24, 2.45) is 0 Å². The van der Waals surface area contributed by atoms with Crippen molar-refractivity contribution in [3.63, 3.8) is 0 Å². The zero-order chi connectivity index (χ0) is 11.8. The Kier molecular flexibility index (Phi) is 2.18. The Bertz CT molecular complexity index is 630. The van der Waals surface area contributed by atoms with Crippen LogP contribution in [0.1, 0.15) is 11.1 Å². The monoisotopic (exact) mass is 223 g/mol. The van der Waals surface area contributed by atoms with Gasteiger partial charge in [0.1, 0.15) is 5.82 Å². The smallest absolute Gasteiger partial charge is 0.139 e. The van der Waals surface area contributed by atoms with E-state index in [1.54, 1.807) is 12.4 Å². The van der Waals surface area contributed by atoms with E-state index in [9.17, 15) is 0 Å². The molecule has 0 saturated heterocycles. The van der Waals surface area contributed by atoms with Crippen molar-refractivity contribution in [3.05, 3.63) is 47.8 Å². The van der Waals surface area contributed by atoms with E-state index in [-0.39, 0.29) is 0 Å². The Labute approximate surface area is 99.5 Å². The first-order chi connectivity index (χ1) is 8.25. The molecule has 3 nitrogen and oxygen atoms in total. The molecule has 2 heterocycles. The van der Waals surface area contributed by atoms with Crippen molar-refractivity contribution in [1.29, 1.82) is 0 Å². The molecule has 2 aromatic heterocycles. The van der Waals surface area contributed by atoms with Gasteiger partial charge < -0.3 is 4.98 Å². The third-order valence-corrected chi connectivity index (χ3v) is 3.00. The minimum atomic E-state index is 0.920. The number of aromatic amines is 1. The molecule has 3 aromatic rings. The third-order valence-electron chi connectivity index (χ3n) is 3.00. The molecule has 0 aliphatic rings. The minimum Gasteiger partial charge on any atom is -0.337 e. The predicted octanol–water partition coefficient (Wildman–Crippen LogP) is 3.24. The summed E-state index contributed by atoms with van der Waals surface area (Å²) in [5.41, 5.74) is 5.58. The number of rotatable bonds is 1. The maximum atomic E-state index is 4.61. The fourth-order valence-corrected chi connectivity index (χ4v) is 2.16. The summed E-state index contributed by atoms with van der Waals surface area (Å²) in [7, 11) is 0. The van der Waals surface area contributed by atoms with Gasteiger partial charge in [-0.2, -0.15) is 0 Å². The number of hydrogen-bond acceptors (Lipinski definition) is 2. The lowest BCUT2D eigenvalue weighted by Gasteiger charge is -2.05. The molecule has 0 spiro atoms. The quantitative estimate of drug-likeness (QED) is 0.688. The van der Waals surface area contributed by atoms with Crippen LogP contribution in [0.25, 0.3) is 22.4 Å². The Morgan fingerprint density at radius 1 is 1.06 bits per heavy atom. The summed E-state index contributed by atoms with van der Waals surface area (Å²) in [6, 6.07) is 8.20. The Morgan fingerprint density at radius 2 is 1.82 bits per heavy atom. The molecule has 3 heteroatoms. The second-order valence-electron chi connectivity index (χ2n) is 4.25. The van der Waals surface area contributed by atoms with Gasteiger partial charge >= 0.3 is 0 Å². The number of benzene rings is 1. The first-order valence-electron chi connectivity index (χ1n) is 5.62. The first-order valence-corrected chi connectivity index (χ1v) is 5.62. The van der Waals surface area contributed by atoms with E-state index in [2.05, 4.69) is 47.0 Å². The number of pyridine rings is 1. The normalized spacial score (nSPS) is 10.9. The van der Waals surface area contributed by atoms with Gasteiger partial charge in [0.25, 0.3) is 0 Å². The topological polar surface area (TPSA) is 41.6 Å². The summed E-state index contributed by atoms with van der Waals surface area (Å²) in [6.45, 7) is 4.21. The predicted molar refractivity (Wildman–Crippen MR) is 68.8 cm³/mol. The summed E-state index contributed by atoms with van der Waals surface area (Å²) in [6.07, 6.45) is 3.57. The number of nitrogens with zero attached hydrogens (tertiary/aromatic N) is 2. The molecule has 17 heavy (non-hydrogen) atoms. The van der Waals surface area contributed by atoms with Crippen LogP contribution >= 0.6 is 0 Å². The minimum absolute atomic E-state index is 0.920. The third kappa shape index (κ3) is 1.60. The lowest BCUT2D eigenvalue weighted by molar-refractivity contribution is 1.27. The lowest BCUT2D eigenvalue weighted by atomic mass is 10.0. The number of nitrogens with one attached hydrogen (secondary N) is 1. The van der Waals surface area contributed by atoms with Crippen LogP contribution in [-0.2, 0) is 0 Å². The molecule has 0 fully saturated rings. The molecule has 0 radical (unpaired) electrons. The second-order valence-corrected chi connectivity index (χ2v) is 4.25. The van der Waals surface area contributed by atoms with E-state index in [4.69, 9.17) is 0 Å². The SMILES string of the molecule is Cc1cccc(C)c1-c1nc2ccncc2[nH]1. The van der Waals surface area contributed by atoms with Gasteiger partial charge in [0, 0.05) is 11.8 Å². The van der Waals surface area contributed by atoms with E-state index in [0.29, 0.717) is 0 Å². The highest BCUT2D eigenvalue weighted by Gasteiger charge is 2.09. The maximum absolute atomic E-state index is 4.61. The molecule has 0 unspecified atom stereocenters. The van der Waals surface area contributed by atoms with Crippen LogP contribution in [0.2, 0.25) is 0 Å². The molecule has 1 N–H and O–H groups in total. The van der Waals surface area contributed by atoms with Crippen molar-refractivity contribution in [3.8, 4) is 11.4 Å². The van der Waals surface area contributed by atoms with Gasteiger partial charge in [-0.15, -0.1) is 0 Å². The number of aromatic nitrogens is 3. The van der Waals surface area contributed by atoms with E-state index in [1.165, 1.54) is 16.7 Å². The first kappa shape index (κ1) is 10.0. The van der Waals surface area contributed by atoms with E-state index in [0.717, 1.165) is 16.9 Å². The molecule has 0 bridgehead atoms. The molecular formula is C14H13N3. The summed E-state index contributed by atoms with van der Waals surface area (Å²) >= 11 is 0. The average molecular weight is 223 g/mol. The molecule has 1 aromatic carbocycles. The zero-order valence-electron chi connectivity index (χ0n) is 9.86. The lowest BCUT2D eigenvalue weighted by Crippen LogP contribution is -1.89. The maximum Gasteiger partial charge on any atom is 0.139 e. The summed E-state index contributed by atoms with van der Waals surface area (Å²) in [5, 5.41) is 0. The van der Waals surface area contributed by atoms with Gasteiger partial charge in [-0.3, -0.25) is 4.98 Å². The summed E-state index contributed by atoms with van der Waals surface area (Å²) in [5.74, 6) is 0.920. The number of fused-ring (bicyclic) bond motifs is 1. The summed E-state index contributed by atoms with van der Waals surface area (Å²) < 4.78 is 0. The number of H-pyrrole nitrogens is 1. The van der Waals surface area contributed by atoms with Crippen LogP contribution in [0.15, 0.2) is 36.7 Å². The van der Waals surface area contributed by atoms with Crippen molar-refractivity contribution in [2.75, 3.05) is 0 Å². The molecule has 0 aliphatic carbocycles. The molecule has 0 atom stereocenters. The number of aryl methyl sites for hydroxylation is 2. The van der Waals surface area contributed by atoms with Crippen molar-refractivity contribution in [1.82, 2.24) is 15.0 Å². The van der Waals surface area contributed by atoms with Crippen molar-refractivity contribution >= 4 is 11.0 Å². The van der Waals surface area contributed by atoms with Gasteiger partial charge in [-0.25, -0.2) is 4.98 Å². The Balaban J connectivity index is 2.27. The largest absolute Gasteiger partial charge is 0.337 e. The molecule has 0 amide bonds. The van der Waals surface area contributed by atoms with Gasteiger partial charge in [-0.05, 0) is 31.0 Å². The van der Waals surface area contributed by atoms with E-state index in [1.807, 2.05) is 6.07 Å². The van der Waals surface area contributed by atoms with Gasteiger partial charge in [-0.1, -0.05) is 18.2 Å². The van der Waals surface area contributed by atoms with Gasteiger partial charge in [0.15, 0.2) is 0 Å². The van der Waals surface area contributed by atoms with Crippen LogP contribution in [0, 0.1) is 13.8 Å². The van der Waals surface area contributed by atoms with Crippen LogP contribution in [-0.4, -0.2) is 15.0 Å². The van der Waals surface area contributed by atoms with Crippen LogP contribution < -0.4 is 0 Å². The van der Waals surface area contributed by atoms with Gasteiger partial charge in [0.05, 0.1) is 17.2 Å². The number of imidazole rings is 1.